The molecule has 2 aromatic carbocycles. The van der Waals surface area contributed by atoms with Gasteiger partial charge in [-0.05, 0) is 54.2 Å². The fraction of sp³-hybridized carbons (Fsp3) is 0.296. The average Bonchev–Trinajstić information content (AvgIpc) is 3.24. The second-order valence-electron chi connectivity index (χ2n) is 8.73. The summed E-state index contributed by atoms with van der Waals surface area (Å²) >= 11 is 0. The quantitative estimate of drug-likeness (QED) is 0.288. The highest BCUT2D eigenvalue weighted by Crippen LogP contribution is 2.43. The van der Waals surface area contributed by atoms with Crippen molar-refractivity contribution in [3.8, 4) is 0 Å². The first-order chi connectivity index (χ1) is 16.5. The first-order valence-corrected chi connectivity index (χ1v) is 11.2. The third-order valence-electron chi connectivity index (χ3n) is 6.37. The number of carbonyl (C=O) groups excluding carboxylic acids is 1. The second kappa shape index (κ2) is 9.76. The van der Waals surface area contributed by atoms with Crippen molar-refractivity contribution < 1.29 is 31.1 Å². The molecule has 0 saturated carbocycles. The first kappa shape index (κ1) is 24.8. The number of hydrogen-bond acceptors (Lipinski definition) is 2. The maximum atomic E-state index is 12.9. The fourth-order valence-corrected chi connectivity index (χ4v) is 4.58. The van der Waals surface area contributed by atoms with Gasteiger partial charge in [0.25, 0.3) is 0 Å². The predicted molar refractivity (Wildman–Crippen MR) is 121 cm³/mol. The smallest absolute Gasteiger partial charge is 0.344 e. The number of alkyl halides is 6. The van der Waals surface area contributed by atoms with E-state index in [1.165, 1.54) is 12.1 Å². The van der Waals surface area contributed by atoms with Gasteiger partial charge >= 0.3 is 12.4 Å². The van der Waals surface area contributed by atoms with Crippen LogP contribution in [0.25, 0.3) is 5.57 Å². The van der Waals surface area contributed by atoms with E-state index >= 15 is 0 Å². The van der Waals surface area contributed by atoms with Crippen LogP contribution >= 0.6 is 0 Å². The van der Waals surface area contributed by atoms with E-state index < -0.39 is 24.3 Å². The Kier molecular flexibility index (Phi) is 6.92. The Morgan fingerprint density at radius 2 is 1.63 bits per heavy atom. The molecule has 0 saturated heterocycles. The lowest BCUT2D eigenvalue weighted by molar-refractivity contribution is -0.138. The molecule has 8 heteroatoms. The molecule has 35 heavy (non-hydrogen) atoms. The molecule has 2 nitrogen and oxygen atoms in total. The molecule has 4 rings (SSSR count). The third-order valence-corrected chi connectivity index (χ3v) is 6.37. The molecule has 0 spiro atoms. The zero-order valence-electron chi connectivity index (χ0n) is 18.6. The van der Waals surface area contributed by atoms with Crippen LogP contribution in [0.4, 0.5) is 26.3 Å². The summed E-state index contributed by atoms with van der Waals surface area (Å²) in [5.74, 6) is -0.0309. The van der Waals surface area contributed by atoms with Crippen LogP contribution in [-0.2, 0) is 6.18 Å². The Morgan fingerprint density at radius 1 is 0.943 bits per heavy atom. The molecule has 0 N–H and O–H groups in total. The number of hydrogen-bond donors (Lipinski definition) is 0. The molecule has 0 amide bonds. The van der Waals surface area contributed by atoms with Gasteiger partial charge in [-0.15, -0.1) is 0 Å². The van der Waals surface area contributed by atoms with Gasteiger partial charge in [-0.3, -0.25) is 4.79 Å². The number of allylic oxidation sites excluding steroid dienone is 4. The SMILES string of the molecule is O=Cc1ccc(C(CCCC(F)(F)F)N2C=CC3CC(c4ccc(C(F)(F)F)cc4)=CC=C32)cc1. The number of nitrogens with zero attached hydrogens (tertiary/aromatic N) is 1. The molecular weight excluding hydrogens is 468 g/mol. The Balaban J connectivity index is 1.58. The third kappa shape index (κ3) is 5.86. The zero-order chi connectivity index (χ0) is 25.2. The number of halogens is 6. The van der Waals surface area contributed by atoms with Gasteiger partial charge in [0.05, 0.1) is 11.6 Å². The Morgan fingerprint density at radius 3 is 2.23 bits per heavy atom. The summed E-state index contributed by atoms with van der Waals surface area (Å²) in [4.78, 5) is 13.0. The average molecular weight is 491 g/mol. The highest BCUT2D eigenvalue weighted by Gasteiger charge is 2.34. The summed E-state index contributed by atoms with van der Waals surface area (Å²) in [6.07, 6.45) is -0.421. The van der Waals surface area contributed by atoms with Crippen molar-refractivity contribution in [2.45, 2.75) is 44.1 Å². The summed E-state index contributed by atoms with van der Waals surface area (Å²) < 4.78 is 77.0. The molecule has 0 bridgehead atoms. The lowest BCUT2D eigenvalue weighted by Gasteiger charge is -2.33. The van der Waals surface area contributed by atoms with Gasteiger partial charge in [0, 0.05) is 29.8 Å². The van der Waals surface area contributed by atoms with Gasteiger partial charge in [0.15, 0.2) is 0 Å². The summed E-state index contributed by atoms with van der Waals surface area (Å²) in [7, 11) is 0. The number of rotatable bonds is 7. The Hall–Kier alpha value is -3.29. The number of fused-ring (bicyclic) bond motifs is 1. The van der Waals surface area contributed by atoms with Gasteiger partial charge in [0.2, 0.25) is 0 Å². The van der Waals surface area contributed by atoms with Crippen molar-refractivity contribution in [1.29, 1.82) is 0 Å². The second-order valence-corrected chi connectivity index (χ2v) is 8.73. The maximum absolute atomic E-state index is 12.9. The fourth-order valence-electron chi connectivity index (χ4n) is 4.58. The largest absolute Gasteiger partial charge is 0.416 e. The summed E-state index contributed by atoms with van der Waals surface area (Å²) in [6.45, 7) is 0. The molecule has 0 fully saturated rings. The molecule has 1 aliphatic carbocycles. The van der Waals surface area contributed by atoms with Crippen LogP contribution in [0.2, 0.25) is 0 Å². The van der Waals surface area contributed by atoms with Gasteiger partial charge in [0.1, 0.15) is 6.29 Å². The van der Waals surface area contributed by atoms with Crippen molar-refractivity contribution in [2.75, 3.05) is 0 Å². The van der Waals surface area contributed by atoms with Crippen LogP contribution in [-0.4, -0.2) is 17.4 Å². The van der Waals surface area contributed by atoms with Crippen molar-refractivity contribution >= 4 is 11.9 Å². The van der Waals surface area contributed by atoms with E-state index in [2.05, 4.69) is 0 Å². The molecule has 184 valence electrons. The lowest BCUT2D eigenvalue weighted by Crippen LogP contribution is -2.24. The minimum absolute atomic E-state index is 0.0309. The number of carbonyl (C=O) groups is 1. The number of aldehydes is 1. The summed E-state index contributed by atoms with van der Waals surface area (Å²) in [5.41, 5.74) is 3.11. The van der Waals surface area contributed by atoms with Crippen molar-refractivity contribution in [3.63, 3.8) is 0 Å². The highest BCUT2D eigenvalue weighted by molar-refractivity contribution is 5.74. The highest BCUT2D eigenvalue weighted by atomic mass is 19.4. The molecule has 0 aromatic heterocycles. The standard InChI is InChI=1S/C27H23F6NO/c28-26(29,30)14-1-2-24(20-5-3-18(17-35)4-6-20)34-15-13-22-16-21(9-12-25(22)34)19-7-10-23(11-8-19)27(31,32)33/h3-13,15,17,22,24H,1-2,14,16H2. The van der Waals surface area contributed by atoms with Gasteiger partial charge < -0.3 is 4.90 Å². The van der Waals surface area contributed by atoms with Gasteiger partial charge in [-0.2, -0.15) is 26.3 Å². The van der Waals surface area contributed by atoms with Crippen LogP contribution in [0.3, 0.4) is 0 Å². The van der Waals surface area contributed by atoms with E-state index in [0.717, 1.165) is 29.0 Å². The van der Waals surface area contributed by atoms with Crippen LogP contribution in [0.5, 0.6) is 0 Å². The van der Waals surface area contributed by atoms with Gasteiger partial charge in [-0.1, -0.05) is 48.6 Å². The first-order valence-electron chi connectivity index (χ1n) is 11.2. The molecule has 2 aromatic rings. The van der Waals surface area contributed by atoms with Crippen molar-refractivity contribution in [1.82, 2.24) is 4.90 Å². The Labute approximate surface area is 199 Å². The van der Waals surface area contributed by atoms with Crippen molar-refractivity contribution in [2.24, 2.45) is 5.92 Å². The van der Waals surface area contributed by atoms with E-state index in [0.29, 0.717) is 23.8 Å². The maximum Gasteiger partial charge on any atom is 0.416 e. The summed E-state index contributed by atoms with van der Waals surface area (Å²) in [5, 5.41) is 0. The molecule has 2 unspecified atom stereocenters. The van der Waals surface area contributed by atoms with Crippen LogP contribution < -0.4 is 0 Å². The predicted octanol–water partition coefficient (Wildman–Crippen LogP) is 8.11. The molecule has 2 atom stereocenters. The molecule has 0 radical (unpaired) electrons. The van der Waals surface area contributed by atoms with E-state index in [1.54, 1.807) is 24.3 Å². The monoisotopic (exact) mass is 491 g/mol. The minimum atomic E-state index is -4.40. The van der Waals surface area contributed by atoms with E-state index in [1.807, 2.05) is 29.3 Å². The van der Waals surface area contributed by atoms with Crippen LogP contribution in [0.1, 0.15) is 58.8 Å². The van der Waals surface area contributed by atoms with E-state index in [-0.39, 0.29) is 24.8 Å². The van der Waals surface area contributed by atoms with Crippen LogP contribution in [0, 0.1) is 5.92 Å². The minimum Gasteiger partial charge on any atom is -0.344 e. The van der Waals surface area contributed by atoms with E-state index in [4.69, 9.17) is 0 Å². The van der Waals surface area contributed by atoms with E-state index in [9.17, 15) is 31.1 Å². The molecule has 1 aliphatic heterocycles. The van der Waals surface area contributed by atoms with Gasteiger partial charge in [-0.25, -0.2) is 0 Å². The topological polar surface area (TPSA) is 20.3 Å². The molecule has 1 heterocycles. The van der Waals surface area contributed by atoms with Crippen LogP contribution in [0.15, 0.2) is 78.7 Å². The van der Waals surface area contributed by atoms with Crippen molar-refractivity contribution in [3.05, 3.63) is 101 Å². The molecular formula is C27H23F6NO. The normalized spacial score (nSPS) is 18.7. The lowest BCUT2D eigenvalue weighted by atomic mass is 9.87. The summed E-state index contributed by atoms with van der Waals surface area (Å²) in [6, 6.07) is 11.5. The molecule has 2 aliphatic rings. The zero-order valence-corrected chi connectivity index (χ0v) is 18.6. The Bertz CT molecular complexity index is 1140. The number of benzene rings is 2.